The molecule has 0 unspecified atom stereocenters. The molecule has 0 saturated carbocycles. The molecular weight excluding hydrogens is 372 g/mol. The van der Waals surface area contributed by atoms with Gasteiger partial charge >= 0.3 is 0 Å². The fourth-order valence-electron chi connectivity index (χ4n) is 3.60. The van der Waals surface area contributed by atoms with E-state index in [1.54, 1.807) is 28.3 Å². The smallest absolute Gasteiger partial charge is 0.259 e. The van der Waals surface area contributed by atoms with Crippen LogP contribution in [-0.2, 0) is 0 Å². The largest absolute Gasteiger partial charge is 0.496 e. The normalized spacial score (nSPS) is 14.0. The molecule has 0 aliphatic carbocycles. The van der Waals surface area contributed by atoms with Crippen LogP contribution in [0.15, 0.2) is 22.7 Å². The van der Waals surface area contributed by atoms with Crippen LogP contribution in [0.25, 0.3) is 5.57 Å². The predicted octanol–water partition coefficient (Wildman–Crippen LogP) is 4.06. The Labute approximate surface area is 171 Å². The zero-order valence-corrected chi connectivity index (χ0v) is 17.9. The van der Waals surface area contributed by atoms with Crippen LogP contribution in [0, 0.1) is 6.92 Å². The van der Waals surface area contributed by atoms with Crippen molar-refractivity contribution in [2.24, 2.45) is 0 Å². The number of aromatic nitrogens is 1. The number of carbonyl (C=O) groups is 1. The molecule has 1 aliphatic rings. The molecule has 0 atom stereocenters. The van der Waals surface area contributed by atoms with Gasteiger partial charge in [-0.3, -0.25) is 4.79 Å². The van der Waals surface area contributed by atoms with Crippen molar-refractivity contribution in [3.8, 4) is 17.2 Å². The second-order valence-electron chi connectivity index (χ2n) is 7.30. The van der Waals surface area contributed by atoms with Crippen LogP contribution in [-0.4, -0.2) is 50.4 Å². The zero-order chi connectivity index (χ0) is 21.1. The summed E-state index contributed by atoms with van der Waals surface area (Å²) in [5, 5.41) is 4.00. The second-order valence-corrected chi connectivity index (χ2v) is 7.30. The third kappa shape index (κ3) is 3.95. The van der Waals surface area contributed by atoms with Gasteiger partial charge in [-0.15, -0.1) is 0 Å². The topological polar surface area (TPSA) is 74.0 Å². The number of aryl methyl sites for hydroxylation is 1. The highest BCUT2D eigenvalue weighted by molar-refractivity contribution is 5.97. The Morgan fingerprint density at radius 3 is 2.28 bits per heavy atom. The number of rotatable bonds is 6. The molecule has 0 bridgehead atoms. The third-order valence-electron chi connectivity index (χ3n) is 5.16. The van der Waals surface area contributed by atoms with Crippen molar-refractivity contribution in [3.05, 3.63) is 40.8 Å². The number of amides is 1. The maximum atomic E-state index is 13.1. The lowest BCUT2D eigenvalue weighted by atomic mass is 9.96. The summed E-state index contributed by atoms with van der Waals surface area (Å²) < 4.78 is 21.9. The second kappa shape index (κ2) is 8.59. The Hall–Kier alpha value is -2.96. The fraction of sp³-hybridized carbons (Fsp3) is 0.455. The fourth-order valence-corrected chi connectivity index (χ4v) is 3.60. The van der Waals surface area contributed by atoms with E-state index < -0.39 is 0 Å². The van der Waals surface area contributed by atoms with E-state index in [-0.39, 0.29) is 11.8 Å². The highest BCUT2D eigenvalue weighted by Gasteiger charge is 2.29. The van der Waals surface area contributed by atoms with Crippen molar-refractivity contribution >= 4 is 11.5 Å². The number of nitrogens with zero attached hydrogens (tertiary/aromatic N) is 2. The van der Waals surface area contributed by atoms with E-state index in [1.165, 1.54) is 0 Å². The lowest BCUT2D eigenvalue weighted by Crippen LogP contribution is -2.35. The van der Waals surface area contributed by atoms with Crippen LogP contribution >= 0.6 is 0 Å². The zero-order valence-electron chi connectivity index (χ0n) is 17.9. The summed E-state index contributed by atoms with van der Waals surface area (Å²) in [5.41, 5.74) is 3.19. The Morgan fingerprint density at radius 2 is 1.79 bits per heavy atom. The van der Waals surface area contributed by atoms with Gasteiger partial charge in [-0.25, -0.2) is 0 Å². The van der Waals surface area contributed by atoms with Gasteiger partial charge in [0, 0.05) is 31.1 Å². The van der Waals surface area contributed by atoms with Gasteiger partial charge in [-0.2, -0.15) is 0 Å². The van der Waals surface area contributed by atoms with Gasteiger partial charge in [0.15, 0.2) is 5.76 Å². The van der Waals surface area contributed by atoms with E-state index in [9.17, 15) is 4.79 Å². The first kappa shape index (κ1) is 20.8. The van der Waals surface area contributed by atoms with Crippen molar-refractivity contribution in [3.63, 3.8) is 0 Å². The van der Waals surface area contributed by atoms with Gasteiger partial charge in [0.1, 0.15) is 22.8 Å². The molecule has 3 rings (SSSR count). The van der Waals surface area contributed by atoms with Gasteiger partial charge in [0.25, 0.3) is 5.91 Å². The predicted molar refractivity (Wildman–Crippen MR) is 110 cm³/mol. The number of benzene rings is 1. The van der Waals surface area contributed by atoms with Gasteiger partial charge in [0.2, 0.25) is 0 Å². The maximum Gasteiger partial charge on any atom is 0.259 e. The molecule has 2 aromatic rings. The quantitative estimate of drug-likeness (QED) is 0.728. The number of methoxy groups -OCH3 is 3. The average molecular weight is 400 g/mol. The molecule has 1 aromatic heterocycles. The van der Waals surface area contributed by atoms with Crippen LogP contribution < -0.4 is 14.2 Å². The van der Waals surface area contributed by atoms with Gasteiger partial charge in [-0.05, 0) is 18.9 Å². The summed E-state index contributed by atoms with van der Waals surface area (Å²) in [6.07, 6.45) is 2.73. The van der Waals surface area contributed by atoms with Crippen LogP contribution in [0.2, 0.25) is 0 Å². The standard InChI is InChI=1S/C22H28N2O5/c1-13(2)21-19(14(3)23-29-21)22(25)24-9-7-15(8-10-24)20-17(27-5)11-16(26-4)12-18(20)28-6/h7,11-13H,8-10H2,1-6H3. The minimum atomic E-state index is -0.0450. The summed E-state index contributed by atoms with van der Waals surface area (Å²) in [6.45, 7) is 6.88. The van der Waals surface area contributed by atoms with Crippen LogP contribution in [0.5, 0.6) is 17.2 Å². The molecule has 0 saturated heterocycles. The first-order valence-electron chi connectivity index (χ1n) is 9.66. The number of carbonyl (C=O) groups excluding carboxylic acids is 1. The molecule has 29 heavy (non-hydrogen) atoms. The molecule has 0 fully saturated rings. The van der Waals surface area contributed by atoms with Crippen molar-refractivity contribution in [2.45, 2.75) is 33.1 Å². The minimum absolute atomic E-state index is 0.0450. The molecule has 1 aliphatic heterocycles. The lowest BCUT2D eigenvalue weighted by molar-refractivity contribution is 0.0769. The van der Waals surface area contributed by atoms with Crippen molar-refractivity contribution < 1.29 is 23.5 Å². The lowest BCUT2D eigenvalue weighted by Gasteiger charge is -2.28. The number of hydrogen-bond acceptors (Lipinski definition) is 6. The maximum absolute atomic E-state index is 13.1. The molecule has 7 nitrogen and oxygen atoms in total. The van der Waals surface area contributed by atoms with Crippen LogP contribution in [0.3, 0.4) is 0 Å². The van der Waals surface area contributed by atoms with Crippen LogP contribution in [0.1, 0.15) is 53.6 Å². The Kier molecular flexibility index (Phi) is 6.15. The highest BCUT2D eigenvalue weighted by atomic mass is 16.5. The van der Waals surface area contributed by atoms with E-state index in [2.05, 4.69) is 5.16 Å². The van der Waals surface area contributed by atoms with Crippen molar-refractivity contribution in [1.82, 2.24) is 10.1 Å². The summed E-state index contributed by atoms with van der Waals surface area (Å²) in [7, 11) is 4.85. The first-order valence-corrected chi connectivity index (χ1v) is 9.66. The third-order valence-corrected chi connectivity index (χ3v) is 5.16. The summed E-state index contributed by atoms with van der Waals surface area (Å²) in [5.74, 6) is 2.73. The van der Waals surface area contributed by atoms with Crippen LogP contribution in [0.4, 0.5) is 0 Å². The molecule has 1 aromatic carbocycles. The molecular formula is C22H28N2O5. The molecule has 2 heterocycles. The van der Waals surface area contributed by atoms with E-state index in [1.807, 2.05) is 37.0 Å². The van der Waals surface area contributed by atoms with E-state index in [0.29, 0.717) is 53.8 Å². The van der Waals surface area contributed by atoms with Crippen molar-refractivity contribution in [2.75, 3.05) is 34.4 Å². The number of hydrogen-bond donors (Lipinski definition) is 0. The van der Waals surface area contributed by atoms with Gasteiger partial charge in [-0.1, -0.05) is 25.1 Å². The summed E-state index contributed by atoms with van der Waals surface area (Å²) in [4.78, 5) is 14.9. The van der Waals surface area contributed by atoms with E-state index in [4.69, 9.17) is 18.7 Å². The SMILES string of the molecule is COc1cc(OC)c(C2=CCN(C(=O)c3c(C)noc3C(C)C)CC2)c(OC)c1. The molecule has 7 heteroatoms. The average Bonchev–Trinajstić information content (AvgIpc) is 3.13. The van der Waals surface area contributed by atoms with E-state index in [0.717, 1.165) is 11.1 Å². The Bertz CT molecular complexity index is 904. The molecule has 1 amide bonds. The first-order chi connectivity index (χ1) is 13.9. The molecule has 156 valence electrons. The van der Waals surface area contributed by atoms with Gasteiger partial charge < -0.3 is 23.6 Å². The van der Waals surface area contributed by atoms with Gasteiger partial charge in [0.05, 0.1) is 32.6 Å². The minimum Gasteiger partial charge on any atom is -0.496 e. The summed E-state index contributed by atoms with van der Waals surface area (Å²) in [6, 6.07) is 3.68. The Morgan fingerprint density at radius 1 is 1.14 bits per heavy atom. The highest BCUT2D eigenvalue weighted by Crippen LogP contribution is 2.41. The van der Waals surface area contributed by atoms with E-state index >= 15 is 0 Å². The molecule has 0 radical (unpaired) electrons. The van der Waals surface area contributed by atoms with Crippen molar-refractivity contribution in [1.29, 1.82) is 0 Å². The number of ether oxygens (including phenoxy) is 3. The molecule has 0 N–H and O–H groups in total. The summed E-state index contributed by atoms with van der Waals surface area (Å²) >= 11 is 0. The molecule has 0 spiro atoms. The monoisotopic (exact) mass is 400 g/mol. The Balaban J connectivity index is 1.89.